The molecule has 0 atom stereocenters. The maximum atomic E-state index is 13.5. The largest absolute Gasteiger partial charge is 0.447 e. The maximum Gasteiger partial charge on any atom is 0.411 e. The molecule has 0 fully saturated rings. The van der Waals surface area contributed by atoms with E-state index in [1.54, 1.807) is 0 Å². The number of carbonyl (C=O) groups excluding carboxylic acids is 2. The Hall–Kier alpha value is -2.15. The van der Waals surface area contributed by atoms with Crippen molar-refractivity contribution in [2.75, 3.05) is 18.5 Å². The van der Waals surface area contributed by atoms with E-state index < -0.39 is 17.8 Å². The number of aliphatic hydroxyl groups is 1. The lowest BCUT2D eigenvalue weighted by Crippen LogP contribution is -2.18. The van der Waals surface area contributed by atoms with Gasteiger partial charge in [0, 0.05) is 11.1 Å². The fraction of sp³-hybridized carbons (Fsp3) is 0.273. The molecule has 0 aromatic heterocycles. The van der Waals surface area contributed by atoms with Crippen molar-refractivity contribution < 1.29 is 23.8 Å². The standard InChI is InChI=1S/C11H13FN2O4/c1-6-8(12)4-7(10(13)16)5-9(6)14-11(17)18-3-2-15/h4-5,15H,2-3H2,1H3,(H2,13,16)(H,14,17). The molecule has 0 aliphatic carbocycles. The van der Waals surface area contributed by atoms with Crippen LogP contribution in [0.1, 0.15) is 15.9 Å². The third-order valence-electron chi connectivity index (χ3n) is 2.19. The van der Waals surface area contributed by atoms with E-state index in [-0.39, 0.29) is 30.0 Å². The van der Waals surface area contributed by atoms with Gasteiger partial charge in [-0.25, -0.2) is 9.18 Å². The Bertz CT molecular complexity index is 476. The van der Waals surface area contributed by atoms with Crippen molar-refractivity contribution in [1.29, 1.82) is 0 Å². The van der Waals surface area contributed by atoms with Crippen molar-refractivity contribution in [3.05, 3.63) is 29.1 Å². The van der Waals surface area contributed by atoms with Gasteiger partial charge in [0.05, 0.1) is 12.3 Å². The molecule has 18 heavy (non-hydrogen) atoms. The first kappa shape index (κ1) is 13.9. The molecule has 0 bridgehead atoms. The summed E-state index contributed by atoms with van der Waals surface area (Å²) in [5.74, 6) is -1.47. The van der Waals surface area contributed by atoms with E-state index in [9.17, 15) is 14.0 Å². The van der Waals surface area contributed by atoms with Gasteiger partial charge in [-0.1, -0.05) is 0 Å². The van der Waals surface area contributed by atoms with Crippen molar-refractivity contribution in [2.24, 2.45) is 5.73 Å². The zero-order valence-electron chi connectivity index (χ0n) is 9.70. The number of aliphatic hydroxyl groups excluding tert-OH is 1. The number of hydrogen-bond acceptors (Lipinski definition) is 4. The highest BCUT2D eigenvalue weighted by Gasteiger charge is 2.13. The lowest BCUT2D eigenvalue weighted by atomic mass is 10.1. The number of nitrogens with one attached hydrogen (secondary N) is 1. The van der Waals surface area contributed by atoms with Crippen molar-refractivity contribution in [3.8, 4) is 0 Å². The van der Waals surface area contributed by atoms with Crippen LogP contribution >= 0.6 is 0 Å². The molecule has 2 amide bonds. The van der Waals surface area contributed by atoms with E-state index in [2.05, 4.69) is 10.1 Å². The fourth-order valence-electron chi connectivity index (χ4n) is 1.24. The molecule has 0 aliphatic rings. The number of rotatable bonds is 4. The topological polar surface area (TPSA) is 102 Å². The number of nitrogens with two attached hydrogens (primary N) is 1. The highest BCUT2D eigenvalue weighted by atomic mass is 19.1. The molecule has 0 heterocycles. The van der Waals surface area contributed by atoms with E-state index in [0.717, 1.165) is 6.07 Å². The van der Waals surface area contributed by atoms with Gasteiger partial charge < -0.3 is 15.6 Å². The number of primary amides is 1. The van der Waals surface area contributed by atoms with Crippen LogP contribution in [0.15, 0.2) is 12.1 Å². The van der Waals surface area contributed by atoms with Gasteiger partial charge in [-0.15, -0.1) is 0 Å². The molecule has 4 N–H and O–H groups in total. The minimum atomic E-state index is -0.854. The second-order valence-corrected chi connectivity index (χ2v) is 3.48. The van der Waals surface area contributed by atoms with Crippen LogP contribution in [0.4, 0.5) is 14.9 Å². The summed E-state index contributed by atoms with van der Waals surface area (Å²) in [6.45, 7) is 0.937. The average molecular weight is 256 g/mol. The molecule has 0 spiro atoms. The molecule has 1 aromatic carbocycles. The number of anilines is 1. The minimum Gasteiger partial charge on any atom is -0.447 e. The molecular formula is C11H13FN2O4. The second-order valence-electron chi connectivity index (χ2n) is 3.48. The Morgan fingerprint density at radius 2 is 2.17 bits per heavy atom. The van der Waals surface area contributed by atoms with Crippen LogP contribution in [0.5, 0.6) is 0 Å². The number of halogens is 1. The summed E-state index contributed by atoms with van der Waals surface area (Å²) in [6, 6.07) is 2.24. The van der Waals surface area contributed by atoms with Crippen molar-refractivity contribution in [3.63, 3.8) is 0 Å². The summed E-state index contributed by atoms with van der Waals surface area (Å²) in [6.07, 6.45) is -0.854. The van der Waals surface area contributed by atoms with E-state index >= 15 is 0 Å². The summed E-state index contributed by atoms with van der Waals surface area (Å²) in [7, 11) is 0. The van der Waals surface area contributed by atoms with Gasteiger partial charge in [0.2, 0.25) is 5.91 Å². The Kier molecular flexibility index (Phi) is 4.61. The first-order valence-electron chi connectivity index (χ1n) is 5.10. The van der Waals surface area contributed by atoms with Gasteiger partial charge in [0.1, 0.15) is 12.4 Å². The molecule has 6 nitrogen and oxygen atoms in total. The van der Waals surface area contributed by atoms with Crippen LogP contribution in [-0.4, -0.2) is 30.3 Å². The normalized spacial score (nSPS) is 9.94. The van der Waals surface area contributed by atoms with E-state index in [1.165, 1.54) is 13.0 Å². The monoisotopic (exact) mass is 256 g/mol. The van der Waals surface area contributed by atoms with Gasteiger partial charge in [-0.2, -0.15) is 0 Å². The van der Waals surface area contributed by atoms with Crippen LogP contribution in [0.25, 0.3) is 0 Å². The molecule has 0 aliphatic heterocycles. The predicted octanol–water partition coefficient (Wildman–Crippen LogP) is 0.774. The van der Waals surface area contributed by atoms with Gasteiger partial charge in [-0.05, 0) is 19.1 Å². The summed E-state index contributed by atoms with van der Waals surface area (Å²) in [5.41, 5.74) is 5.21. The third kappa shape index (κ3) is 3.42. The number of hydrogen-bond donors (Lipinski definition) is 3. The zero-order chi connectivity index (χ0) is 13.7. The summed E-state index contributed by atoms with van der Waals surface area (Å²) >= 11 is 0. The molecule has 7 heteroatoms. The molecular weight excluding hydrogens is 243 g/mol. The average Bonchev–Trinajstić information content (AvgIpc) is 2.31. The maximum absolute atomic E-state index is 13.5. The highest BCUT2D eigenvalue weighted by Crippen LogP contribution is 2.20. The van der Waals surface area contributed by atoms with Crippen molar-refractivity contribution in [1.82, 2.24) is 0 Å². The summed E-state index contributed by atoms with van der Waals surface area (Å²) in [4.78, 5) is 22.2. The van der Waals surface area contributed by atoms with E-state index in [0.29, 0.717) is 0 Å². The van der Waals surface area contributed by atoms with Crippen LogP contribution < -0.4 is 11.1 Å². The van der Waals surface area contributed by atoms with Gasteiger partial charge in [0.25, 0.3) is 0 Å². The van der Waals surface area contributed by atoms with Crippen LogP contribution in [0, 0.1) is 12.7 Å². The molecule has 0 unspecified atom stereocenters. The Labute approximate surface area is 103 Å². The van der Waals surface area contributed by atoms with Gasteiger partial charge in [-0.3, -0.25) is 10.1 Å². The summed E-state index contributed by atoms with van der Waals surface area (Å²) < 4.78 is 18.0. The lowest BCUT2D eigenvalue weighted by Gasteiger charge is -2.10. The SMILES string of the molecule is Cc1c(F)cc(C(N)=O)cc1NC(=O)OCCO. The number of benzene rings is 1. The number of carbonyl (C=O) groups is 2. The first-order chi connectivity index (χ1) is 8.45. The number of amides is 2. The highest BCUT2D eigenvalue weighted by molar-refractivity contribution is 5.95. The van der Waals surface area contributed by atoms with Crippen molar-refractivity contribution >= 4 is 17.7 Å². The van der Waals surface area contributed by atoms with E-state index in [4.69, 9.17) is 10.8 Å². The predicted molar refractivity (Wildman–Crippen MR) is 61.7 cm³/mol. The summed E-state index contributed by atoms with van der Waals surface area (Å²) in [5, 5.41) is 10.7. The smallest absolute Gasteiger partial charge is 0.411 e. The van der Waals surface area contributed by atoms with E-state index in [1.807, 2.05) is 0 Å². The molecule has 0 saturated carbocycles. The lowest BCUT2D eigenvalue weighted by molar-refractivity contribution is 0.0999. The second kappa shape index (κ2) is 5.97. The molecule has 0 saturated heterocycles. The fourth-order valence-corrected chi connectivity index (χ4v) is 1.24. The van der Waals surface area contributed by atoms with Crippen LogP contribution in [0.3, 0.4) is 0 Å². The zero-order valence-corrected chi connectivity index (χ0v) is 9.70. The van der Waals surface area contributed by atoms with Gasteiger partial charge >= 0.3 is 6.09 Å². The van der Waals surface area contributed by atoms with Crippen LogP contribution in [0.2, 0.25) is 0 Å². The quantitative estimate of drug-likeness (QED) is 0.740. The Morgan fingerprint density at radius 3 is 2.72 bits per heavy atom. The molecule has 0 radical (unpaired) electrons. The van der Waals surface area contributed by atoms with Crippen molar-refractivity contribution in [2.45, 2.75) is 6.92 Å². The van der Waals surface area contributed by atoms with Crippen LogP contribution in [-0.2, 0) is 4.74 Å². The molecule has 98 valence electrons. The minimum absolute atomic E-state index is 0.0597. The molecule has 1 aromatic rings. The molecule has 1 rings (SSSR count). The third-order valence-corrected chi connectivity index (χ3v) is 2.19. The Morgan fingerprint density at radius 1 is 1.50 bits per heavy atom. The van der Waals surface area contributed by atoms with Gasteiger partial charge in [0.15, 0.2) is 0 Å². The number of ether oxygens (including phenoxy) is 1. The first-order valence-corrected chi connectivity index (χ1v) is 5.10. The Balaban J connectivity index is 2.94.